The van der Waals surface area contributed by atoms with Crippen molar-refractivity contribution < 1.29 is 62.2 Å². The summed E-state index contributed by atoms with van der Waals surface area (Å²) in [5.74, 6) is -39.6. The van der Waals surface area contributed by atoms with Crippen LogP contribution in [0.1, 0.15) is 30.4 Å². The summed E-state index contributed by atoms with van der Waals surface area (Å²) >= 11 is 5.87. The third kappa shape index (κ3) is 4.86. The van der Waals surface area contributed by atoms with Gasteiger partial charge in [-0.1, -0.05) is 67.1 Å². The molecular formula is C22H16ClF13O. The zero-order valence-electron chi connectivity index (χ0n) is 18.2. The first-order chi connectivity index (χ1) is 16.5. The highest BCUT2D eigenvalue weighted by Crippen LogP contribution is 2.62. The number of halogens is 14. The molecule has 0 aromatic heterocycles. The Bertz CT molecular complexity index is 1090. The molecule has 37 heavy (non-hydrogen) atoms. The summed E-state index contributed by atoms with van der Waals surface area (Å²) in [4.78, 5) is 0. The molecule has 0 heterocycles. The predicted molar refractivity (Wildman–Crippen MR) is 106 cm³/mol. The van der Waals surface area contributed by atoms with Gasteiger partial charge in [0.15, 0.2) is 0 Å². The molecule has 0 saturated carbocycles. The molecule has 0 fully saturated rings. The Labute approximate surface area is 205 Å². The van der Waals surface area contributed by atoms with Crippen molar-refractivity contribution in [2.75, 3.05) is 0 Å². The molecule has 0 radical (unpaired) electrons. The van der Waals surface area contributed by atoms with Crippen LogP contribution in [0.5, 0.6) is 0 Å². The monoisotopic (exact) mass is 578 g/mol. The van der Waals surface area contributed by atoms with E-state index in [-0.39, 0.29) is 5.56 Å². The van der Waals surface area contributed by atoms with Crippen molar-refractivity contribution in [2.45, 2.75) is 60.7 Å². The maximum Gasteiger partial charge on any atom is 0.460 e. The summed E-state index contributed by atoms with van der Waals surface area (Å²) in [6.45, 7) is 0.956. The van der Waals surface area contributed by atoms with Gasteiger partial charge >= 0.3 is 35.8 Å². The number of hydrogen-bond donors (Lipinski definition) is 1. The number of alkyl halides is 13. The molecule has 1 N–H and O–H groups in total. The van der Waals surface area contributed by atoms with Gasteiger partial charge in [-0.05, 0) is 11.6 Å². The Kier molecular flexibility index (Phi) is 7.97. The average molecular weight is 579 g/mol. The lowest BCUT2D eigenvalue weighted by molar-refractivity contribution is -0.441. The minimum atomic E-state index is -8.03. The van der Waals surface area contributed by atoms with E-state index in [2.05, 4.69) is 0 Å². The fourth-order valence-corrected chi connectivity index (χ4v) is 3.86. The van der Waals surface area contributed by atoms with E-state index in [0.717, 1.165) is 25.1 Å². The first-order valence-electron chi connectivity index (χ1n) is 9.97. The van der Waals surface area contributed by atoms with Crippen molar-refractivity contribution >= 4 is 11.6 Å². The van der Waals surface area contributed by atoms with Crippen LogP contribution in [-0.2, 0) is 5.60 Å². The summed E-state index contributed by atoms with van der Waals surface area (Å²) < 4.78 is 177. The van der Waals surface area contributed by atoms with Crippen molar-refractivity contribution in [1.29, 1.82) is 0 Å². The summed E-state index contributed by atoms with van der Waals surface area (Å²) in [6.07, 6.45) is -10.3. The van der Waals surface area contributed by atoms with E-state index in [1.54, 1.807) is 0 Å². The highest BCUT2D eigenvalue weighted by atomic mass is 35.5. The molecule has 0 aliphatic heterocycles. The first-order valence-corrected chi connectivity index (χ1v) is 10.3. The van der Waals surface area contributed by atoms with Crippen LogP contribution in [0, 0.1) is 0 Å². The van der Waals surface area contributed by atoms with Crippen LogP contribution in [0.2, 0.25) is 5.02 Å². The molecule has 208 valence electrons. The van der Waals surface area contributed by atoms with Crippen molar-refractivity contribution in [1.82, 2.24) is 0 Å². The lowest BCUT2D eigenvalue weighted by Crippen LogP contribution is -2.70. The van der Waals surface area contributed by atoms with Crippen LogP contribution in [0.25, 0.3) is 0 Å². The second-order valence-corrected chi connectivity index (χ2v) is 8.62. The molecule has 15 heteroatoms. The topological polar surface area (TPSA) is 20.2 Å². The number of benzene rings is 2. The van der Waals surface area contributed by atoms with Gasteiger partial charge in [0.2, 0.25) is 0 Å². The number of rotatable bonds is 9. The Morgan fingerprint density at radius 2 is 1.08 bits per heavy atom. The van der Waals surface area contributed by atoms with Crippen molar-refractivity contribution in [3.05, 3.63) is 70.7 Å². The standard InChI is InChI=1S/C22H16ClF13O/c1-12(13-7-3-2-4-8-13)16(37,14-9-5-6-10-15(14)23)11-17(24,25)18(26,27)19(28,29)20(30,31)21(32,33)22(34,35)36/h2-10,12,37H,11H2,1H3. The van der Waals surface area contributed by atoms with E-state index in [0.29, 0.717) is 0 Å². The van der Waals surface area contributed by atoms with Crippen LogP contribution < -0.4 is 0 Å². The normalized spacial score (nSPS) is 16.9. The fraction of sp³-hybridized carbons (Fsp3) is 0.455. The number of hydrogen-bond acceptors (Lipinski definition) is 1. The van der Waals surface area contributed by atoms with Gasteiger partial charge in [0.1, 0.15) is 5.60 Å². The van der Waals surface area contributed by atoms with Crippen molar-refractivity contribution in [3.8, 4) is 0 Å². The van der Waals surface area contributed by atoms with E-state index in [4.69, 9.17) is 11.6 Å². The minimum Gasteiger partial charge on any atom is -0.384 e. The summed E-state index contributed by atoms with van der Waals surface area (Å²) in [5.41, 5.74) is -4.19. The van der Waals surface area contributed by atoms with Gasteiger partial charge in [-0.25, -0.2) is 0 Å². The predicted octanol–water partition coefficient (Wildman–Crippen LogP) is 8.46. The molecule has 2 unspecified atom stereocenters. The van der Waals surface area contributed by atoms with Gasteiger partial charge in [-0.15, -0.1) is 0 Å². The fourth-order valence-electron chi connectivity index (χ4n) is 3.56. The molecular weight excluding hydrogens is 563 g/mol. The van der Waals surface area contributed by atoms with Crippen molar-refractivity contribution in [2.24, 2.45) is 0 Å². The maximum atomic E-state index is 14.8. The second-order valence-electron chi connectivity index (χ2n) is 8.21. The molecule has 2 atom stereocenters. The second kappa shape index (κ2) is 9.51. The van der Waals surface area contributed by atoms with Crippen LogP contribution in [0.4, 0.5) is 57.1 Å². The first kappa shape index (κ1) is 31.0. The Hall–Kier alpha value is -2.22. The van der Waals surface area contributed by atoms with Crippen LogP contribution in [0.3, 0.4) is 0 Å². The lowest BCUT2D eigenvalue weighted by atomic mass is 9.73. The average Bonchev–Trinajstić information content (AvgIpc) is 2.77. The number of aliphatic hydroxyl groups is 1. The van der Waals surface area contributed by atoms with E-state index in [1.807, 2.05) is 0 Å². The molecule has 2 aromatic carbocycles. The summed E-state index contributed by atoms with van der Waals surface area (Å²) in [7, 11) is 0. The zero-order valence-corrected chi connectivity index (χ0v) is 19.0. The molecule has 0 spiro atoms. The largest absolute Gasteiger partial charge is 0.460 e. The van der Waals surface area contributed by atoms with Gasteiger partial charge < -0.3 is 5.11 Å². The zero-order chi connectivity index (χ0) is 28.9. The lowest BCUT2D eigenvalue weighted by Gasteiger charge is -2.43. The SMILES string of the molecule is CC(c1ccccc1)C(O)(CC(F)(F)C(F)(F)C(F)(F)C(F)(F)C(F)(F)C(F)(F)F)c1ccccc1Cl. The summed E-state index contributed by atoms with van der Waals surface area (Å²) in [6, 6.07) is 10.5. The molecule has 0 saturated heterocycles. The molecule has 0 amide bonds. The van der Waals surface area contributed by atoms with E-state index >= 15 is 0 Å². The third-order valence-electron chi connectivity index (χ3n) is 5.85. The molecule has 1 nitrogen and oxygen atoms in total. The van der Waals surface area contributed by atoms with Crippen LogP contribution in [-0.4, -0.2) is 40.9 Å². The smallest absolute Gasteiger partial charge is 0.384 e. The van der Waals surface area contributed by atoms with E-state index < -0.39 is 64.3 Å². The van der Waals surface area contributed by atoms with E-state index in [1.165, 1.54) is 36.4 Å². The van der Waals surface area contributed by atoms with Gasteiger partial charge in [-0.3, -0.25) is 0 Å². The van der Waals surface area contributed by atoms with Gasteiger partial charge in [-0.2, -0.15) is 57.1 Å². The van der Waals surface area contributed by atoms with Gasteiger partial charge in [0.05, 0.1) is 6.42 Å². The highest BCUT2D eigenvalue weighted by molar-refractivity contribution is 6.31. The minimum absolute atomic E-state index is 0.0651. The van der Waals surface area contributed by atoms with Crippen molar-refractivity contribution in [3.63, 3.8) is 0 Å². The third-order valence-corrected chi connectivity index (χ3v) is 6.18. The quantitative estimate of drug-likeness (QED) is 0.296. The molecule has 0 aliphatic carbocycles. The maximum absolute atomic E-state index is 14.8. The Balaban J connectivity index is 2.70. The Morgan fingerprint density at radius 3 is 1.54 bits per heavy atom. The van der Waals surface area contributed by atoms with Gasteiger partial charge in [0.25, 0.3) is 0 Å². The highest BCUT2D eigenvalue weighted by Gasteiger charge is 2.90. The molecule has 2 aromatic rings. The molecule has 2 rings (SSSR count). The van der Waals surface area contributed by atoms with Crippen LogP contribution >= 0.6 is 11.6 Å². The Morgan fingerprint density at radius 1 is 0.649 bits per heavy atom. The van der Waals surface area contributed by atoms with Crippen LogP contribution in [0.15, 0.2) is 54.6 Å². The summed E-state index contributed by atoms with van der Waals surface area (Å²) in [5, 5.41) is 10.6. The van der Waals surface area contributed by atoms with Gasteiger partial charge in [0, 0.05) is 16.5 Å². The molecule has 0 aliphatic rings. The molecule has 0 bridgehead atoms. The van der Waals surface area contributed by atoms with E-state index in [9.17, 15) is 62.2 Å².